The second kappa shape index (κ2) is 8.01. The molecule has 150 valence electrons. The fourth-order valence-electron chi connectivity index (χ4n) is 4.33. The van der Waals surface area contributed by atoms with E-state index in [9.17, 15) is 0 Å². The highest BCUT2D eigenvalue weighted by Gasteiger charge is 2.34. The van der Waals surface area contributed by atoms with Crippen LogP contribution in [-0.4, -0.2) is 58.8 Å². The molecule has 0 bridgehead atoms. The Balaban J connectivity index is 1.18. The van der Waals surface area contributed by atoms with Crippen molar-refractivity contribution in [2.75, 3.05) is 33.2 Å². The van der Waals surface area contributed by atoms with E-state index < -0.39 is 0 Å². The van der Waals surface area contributed by atoms with E-state index in [2.05, 4.69) is 45.9 Å². The highest BCUT2D eigenvalue weighted by atomic mass is 16.5. The van der Waals surface area contributed by atoms with E-state index >= 15 is 0 Å². The fraction of sp³-hybridized carbons (Fsp3) is 0.375. The first-order valence-electron chi connectivity index (χ1n) is 10.6. The van der Waals surface area contributed by atoms with E-state index in [-0.39, 0.29) is 0 Å². The van der Waals surface area contributed by atoms with Crippen LogP contribution in [0.2, 0.25) is 0 Å². The summed E-state index contributed by atoms with van der Waals surface area (Å²) in [5.41, 5.74) is 2.14. The van der Waals surface area contributed by atoms with Crippen molar-refractivity contribution in [3.05, 3.63) is 66.9 Å². The Hall–Kier alpha value is -2.63. The summed E-state index contributed by atoms with van der Waals surface area (Å²) in [5, 5.41) is 4.85. The molecular weight excluding hydrogens is 360 g/mol. The van der Waals surface area contributed by atoms with E-state index in [0.29, 0.717) is 6.04 Å². The average Bonchev–Trinajstić information content (AvgIpc) is 3.19. The molecule has 0 atom stereocenters. The van der Waals surface area contributed by atoms with Crippen molar-refractivity contribution in [1.29, 1.82) is 0 Å². The van der Waals surface area contributed by atoms with Gasteiger partial charge in [0.05, 0.1) is 11.7 Å². The molecule has 0 saturated carbocycles. The quantitative estimate of drug-likeness (QED) is 0.653. The standard InChI is InChI=1S/C24H28N4O/c1-26-14-11-20(12-15-26)27-17-21(18-27)28-16-13-24(25-28)19-7-9-23(10-8-19)29-22-5-3-2-4-6-22/h2-10,13,16,20-21H,11-12,14-15,17-18H2,1H3. The van der Waals surface area contributed by atoms with Gasteiger partial charge in [-0.2, -0.15) is 5.10 Å². The van der Waals surface area contributed by atoms with Gasteiger partial charge in [-0.05, 0) is 75.4 Å². The zero-order chi connectivity index (χ0) is 19.6. The predicted octanol–water partition coefficient (Wildman–Crippen LogP) is 4.29. The summed E-state index contributed by atoms with van der Waals surface area (Å²) in [5.74, 6) is 1.69. The molecule has 5 nitrogen and oxygen atoms in total. The molecule has 2 aromatic carbocycles. The van der Waals surface area contributed by atoms with Gasteiger partial charge in [-0.3, -0.25) is 9.58 Å². The number of hydrogen-bond donors (Lipinski definition) is 0. The topological polar surface area (TPSA) is 33.5 Å². The van der Waals surface area contributed by atoms with E-state index in [1.54, 1.807) is 0 Å². The van der Waals surface area contributed by atoms with Gasteiger partial charge < -0.3 is 9.64 Å². The monoisotopic (exact) mass is 388 g/mol. The van der Waals surface area contributed by atoms with Gasteiger partial charge in [0.1, 0.15) is 11.5 Å². The number of ether oxygens (including phenoxy) is 1. The van der Waals surface area contributed by atoms with E-state index in [1.807, 2.05) is 42.5 Å². The van der Waals surface area contributed by atoms with Crippen LogP contribution in [0.3, 0.4) is 0 Å². The van der Waals surface area contributed by atoms with Gasteiger partial charge in [-0.25, -0.2) is 0 Å². The van der Waals surface area contributed by atoms with Crippen LogP contribution in [0.1, 0.15) is 18.9 Å². The average molecular weight is 389 g/mol. The van der Waals surface area contributed by atoms with Crippen LogP contribution in [0, 0.1) is 0 Å². The number of hydrogen-bond acceptors (Lipinski definition) is 4. The van der Waals surface area contributed by atoms with Crippen LogP contribution >= 0.6 is 0 Å². The van der Waals surface area contributed by atoms with Gasteiger partial charge in [0, 0.05) is 30.9 Å². The molecule has 29 heavy (non-hydrogen) atoms. The number of benzene rings is 2. The summed E-state index contributed by atoms with van der Waals surface area (Å²) in [6.07, 6.45) is 4.72. The van der Waals surface area contributed by atoms with E-state index in [1.165, 1.54) is 25.9 Å². The SMILES string of the molecule is CN1CCC(N2CC(n3ccc(-c4ccc(Oc5ccccc5)cc4)n3)C2)CC1. The van der Waals surface area contributed by atoms with Gasteiger partial charge >= 0.3 is 0 Å². The highest BCUT2D eigenvalue weighted by Crippen LogP contribution is 2.29. The van der Waals surface area contributed by atoms with Crippen molar-refractivity contribution in [2.45, 2.75) is 24.9 Å². The van der Waals surface area contributed by atoms with Gasteiger partial charge in [-0.15, -0.1) is 0 Å². The van der Waals surface area contributed by atoms with Crippen LogP contribution < -0.4 is 4.74 Å². The molecule has 0 spiro atoms. The van der Waals surface area contributed by atoms with Crippen molar-refractivity contribution in [3.8, 4) is 22.8 Å². The minimum absolute atomic E-state index is 0.504. The first-order valence-corrected chi connectivity index (χ1v) is 10.6. The van der Waals surface area contributed by atoms with Crippen LogP contribution in [0.25, 0.3) is 11.3 Å². The van der Waals surface area contributed by atoms with Crippen LogP contribution in [0.5, 0.6) is 11.5 Å². The van der Waals surface area contributed by atoms with Crippen molar-refractivity contribution in [2.24, 2.45) is 0 Å². The van der Waals surface area contributed by atoms with Crippen molar-refractivity contribution < 1.29 is 4.74 Å². The molecule has 1 aromatic heterocycles. The summed E-state index contributed by atoms with van der Waals surface area (Å²) in [4.78, 5) is 5.07. The summed E-state index contributed by atoms with van der Waals surface area (Å²) in [6.45, 7) is 4.70. The molecule has 5 heteroatoms. The zero-order valence-electron chi connectivity index (χ0n) is 16.9. The Kier molecular flexibility index (Phi) is 5.08. The predicted molar refractivity (Wildman–Crippen MR) is 115 cm³/mol. The lowest BCUT2D eigenvalue weighted by Gasteiger charge is -2.46. The summed E-state index contributed by atoms with van der Waals surface area (Å²) in [7, 11) is 2.22. The number of para-hydroxylation sites is 1. The Bertz CT molecular complexity index is 923. The smallest absolute Gasteiger partial charge is 0.127 e. The maximum atomic E-state index is 5.88. The van der Waals surface area contributed by atoms with Crippen molar-refractivity contribution in [1.82, 2.24) is 19.6 Å². The minimum Gasteiger partial charge on any atom is -0.457 e. The second-order valence-electron chi connectivity index (χ2n) is 8.26. The molecule has 2 fully saturated rings. The Labute approximate surface area is 172 Å². The fourth-order valence-corrected chi connectivity index (χ4v) is 4.33. The lowest BCUT2D eigenvalue weighted by atomic mass is 9.98. The molecule has 2 aliphatic heterocycles. The van der Waals surface area contributed by atoms with Gasteiger partial charge in [0.25, 0.3) is 0 Å². The Morgan fingerprint density at radius 3 is 2.24 bits per heavy atom. The molecule has 2 saturated heterocycles. The van der Waals surface area contributed by atoms with Crippen LogP contribution in [-0.2, 0) is 0 Å². The molecule has 5 rings (SSSR count). The summed E-state index contributed by atoms with van der Waals surface area (Å²) < 4.78 is 8.03. The maximum Gasteiger partial charge on any atom is 0.127 e. The van der Waals surface area contributed by atoms with Crippen LogP contribution in [0.4, 0.5) is 0 Å². The number of aromatic nitrogens is 2. The normalized spacial score (nSPS) is 19.2. The third-order valence-corrected chi connectivity index (χ3v) is 6.21. The van der Waals surface area contributed by atoms with Crippen molar-refractivity contribution in [3.63, 3.8) is 0 Å². The molecule has 0 amide bonds. The first kappa shape index (κ1) is 18.4. The first-order chi connectivity index (χ1) is 14.2. The van der Waals surface area contributed by atoms with Crippen molar-refractivity contribution >= 4 is 0 Å². The summed E-state index contributed by atoms with van der Waals surface area (Å²) >= 11 is 0. The lowest BCUT2D eigenvalue weighted by molar-refractivity contribution is 0.0245. The molecular formula is C24H28N4O. The molecule has 3 heterocycles. The minimum atomic E-state index is 0.504. The van der Waals surface area contributed by atoms with Gasteiger partial charge in [-0.1, -0.05) is 18.2 Å². The molecule has 0 radical (unpaired) electrons. The highest BCUT2D eigenvalue weighted by molar-refractivity contribution is 5.59. The molecule has 2 aliphatic rings. The second-order valence-corrected chi connectivity index (χ2v) is 8.26. The molecule has 3 aromatic rings. The van der Waals surface area contributed by atoms with Gasteiger partial charge in [0.15, 0.2) is 0 Å². The molecule has 0 unspecified atom stereocenters. The van der Waals surface area contributed by atoms with E-state index in [4.69, 9.17) is 9.84 Å². The maximum absolute atomic E-state index is 5.88. The Morgan fingerprint density at radius 1 is 0.828 bits per heavy atom. The largest absolute Gasteiger partial charge is 0.457 e. The third-order valence-electron chi connectivity index (χ3n) is 6.21. The third kappa shape index (κ3) is 4.07. The number of rotatable bonds is 5. The number of likely N-dealkylation sites (tertiary alicyclic amines) is 2. The van der Waals surface area contributed by atoms with E-state index in [0.717, 1.165) is 41.9 Å². The zero-order valence-corrected chi connectivity index (χ0v) is 16.9. The molecule has 0 N–H and O–H groups in total. The summed E-state index contributed by atoms with van der Waals surface area (Å²) in [6, 6.07) is 21.4. The van der Waals surface area contributed by atoms with Crippen LogP contribution in [0.15, 0.2) is 66.9 Å². The van der Waals surface area contributed by atoms with Gasteiger partial charge in [0.2, 0.25) is 0 Å². The number of piperidine rings is 1. The number of nitrogens with zero attached hydrogens (tertiary/aromatic N) is 4. The Morgan fingerprint density at radius 2 is 1.52 bits per heavy atom. The lowest BCUT2D eigenvalue weighted by Crippen LogP contribution is -2.55. The molecule has 0 aliphatic carbocycles.